The molecule has 1 aliphatic rings. The van der Waals surface area contributed by atoms with Crippen molar-refractivity contribution in [2.24, 2.45) is 0 Å². The number of rotatable bonds is 10. The van der Waals surface area contributed by atoms with E-state index in [9.17, 15) is 9.59 Å². The molecule has 0 N–H and O–H groups in total. The maximum absolute atomic E-state index is 13.1. The molecule has 1 atom stereocenters. The van der Waals surface area contributed by atoms with Crippen LogP contribution in [0.2, 0.25) is 0 Å². The van der Waals surface area contributed by atoms with E-state index in [4.69, 9.17) is 9.15 Å². The average molecular weight is 396 g/mol. The van der Waals surface area contributed by atoms with Crippen LogP contribution in [0.4, 0.5) is 0 Å². The second kappa shape index (κ2) is 10.6. The van der Waals surface area contributed by atoms with Gasteiger partial charge >= 0.3 is 0 Å². The lowest BCUT2D eigenvalue weighted by molar-refractivity contribution is -0.141. The smallest absolute Gasteiger partial charge is 0.242 e. The Morgan fingerprint density at radius 2 is 1.93 bits per heavy atom. The van der Waals surface area contributed by atoms with Gasteiger partial charge in [-0.2, -0.15) is 0 Å². The zero-order chi connectivity index (χ0) is 20.5. The number of furan rings is 1. The number of hydrogen-bond acceptors (Lipinski definition) is 4. The molecule has 0 saturated carbocycles. The van der Waals surface area contributed by atoms with Gasteiger partial charge in [0.2, 0.25) is 11.8 Å². The molecule has 0 aliphatic carbocycles. The minimum atomic E-state index is -0.125. The molecule has 2 heterocycles. The van der Waals surface area contributed by atoms with Crippen molar-refractivity contribution in [2.45, 2.75) is 31.9 Å². The molecule has 6 heteroatoms. The van der Waals surface area contributed by atoms with Crippen molar-refractivity contribution in [3.05, 3.63) is 72.7 Å². The summed E-state index contributed by atoms with van der Waals surface area (Å²) in [6, 6.07) is 13.2. The quantitative estimate of drug-likeness (QED) is 0.579. The maximum atomic E-state index is 13.1. The van der Waals surface area contributed by atoms with E-state index >= 15 is 0 Å². The molecule has 154 valence electrons. The number of amides is 2. The molecule has 2 amide bonds. The predicted molar refractivity (Wildman–Crippen MR) is 110 cm³/mol. The SMILES string of the molecule is C=CCN(CC(=O)N(Cc1ccco1)C[C@@H]1CCCO1)C(=O)Cc1ccccc1. The minimum Gasteiger partial charge on any atom is -0.467 e. The highest BCUT2D eigenvalue weighted by Crippen LogP contribution is 2.16. The molecule has 0 bridgehead atoms. The van der Waals surface area contributed by atoms with Gasteiger partial charge in [-0.25, -0.2) is 0 Å². The summed E-state index contributed by atoms with van der Waals surface area (Å²) in [4.78, 5) is 29.2. The van der Waals surface area contributed by atoms with E-state index in [1.54, 1.807) is 28.2 Å². The van der Waals surface area contributed by atoms with Crippen LogP contribution in [0.15, 0.2) is 65.8 Å². The van der Waals surface area contributed by atoms with Crippen molar-refractivity contribution in [1.29, 1.82) is 0 Å². The van der Waals surface area contributed by atoms with Gasteiger partial charge in [0.1, 0.15) is 12.3 Å². The number of carbonyl (C=O) groups excluding carboxylic acids is 2. The van der Waals surface area contributed by atoms with Gasteiger partial charge in [0, 0.05) is 19.7 Å². The lowest BCUT2D eigenvalue weighted by Gasteiger charge is -2.28. The first-order valence-electron chi connectivity index (χ1n) is 10.00. The Bertz CT molecular complexity index is 782. The fourth-order valence-electron chi connectivity index (χ4n) is 3.44. The molecule has 0 radical (unpaired) electrons. The van der Waals surface area contributed by atoms with Crippen LogP contribution in [0.1, 0.15) is 24.2 Å². The molecule has 2 aromatic rings. The van der Waals surface area contributed by atoms with Crippen molar-refractivity contribution in [3.63, 3.8) is 0 Å². The second-order valence-corrected chi connectivity index (χ2v) is 7.21. The van der Waals surface area contributed by atoms with Gasteiger partial charge in [-0.3, -0.25) is 9.59 Å². The summed E-state index contributed by atoms with van der Waals surface area (Å²) in [5.74, 6) is 0.488. The van der Waals surface area contributed by atoms with E-state index in [1.807, 2.05) is 36.4 Å². The van der Waals surface area contributed by atoms with Gasteiger partial charge < -0.3 is 19.0 Å². The highest BCUT2D eigenvalue weighted by molar-refractivity contribution is 5.86. The third-order valence-corrected chi connectivity index (χ3v) is 4.95. The monoisotopic (exact) mass is 396 g/mol. The Labute approximate surface area is 171 Å². The summed E-state index contributed by atoms with van der Waals surface area (Å²) in [5, 5.41) is 0. The molecule has 1 aliphatic heterocycles. The first-order chi connectivity index (χ1) is 14.2. The van der Waals surface area contributed by atoms with Crippen LogP contribution < -0.4 is 0 Å². The molecule has 1 aromatic heterocycles. The zero-order valence-electron chi connectivity index (χ0n) is 16.7. The lowest BCUT2D eigenvalue weighted by atomic mass is 10.1. The van der Waals surface area contributed by atoms with Crippen LogP contribution >= 0.6 is 0 Å². The molecule has 1 fully saturated rings. The molecular weight excluding hydrogens is 368 g/mol. The van der Waals surface area contributed by atoms with Gasteiger partial charge in [0.25, 0.3) is 0 Å². The largest absolute Gasteiger partial charge is 0.467 e. The highest BCUT2D eigenvalue weighted by atomic mass is 16.5. The number of carbonyl (C=O) groups is 2. The molecule has 29 heavy (non-hydrogen) atoms. The Kier molecular flexibility index (Phi) is 7.64. The topological polar surface area (TPSA) is 63.0 Å². The van der Waals surface area contributed by atoms with Crippen LogP contribution in [0, 0.1) is 0 Å². The first kappa shape index (κ1) is 20.9. The van der Waals surface area contributed by atoms with E-state index in [0.717, 1.165) is 25.0 Å². The first-order valence-corrected chi connectivity index (χ1v) is 10.00. The van der Waals surface area contributed by atoms with Gasteiger partial charge in [-0.15, -0.1) is 6.58 Å². The van der Waals surface area contributed by atoms with Crippen LogP contribution in [0.5, 0.6) is 0 Å². The number of nitrogens with zero attached hydrogens (tertiary/aromatic N) is 2. The van der Waals surface area contributed by atoms with Crippen molar-refractivity contribution < 1.29 is 18.7 Å². The third kappa shape index (κ3) is 6.32. The Morgan fingerprint density at radius 3 is 2.59 bits per heavy atom. The van der Waals surface area contributed by atoms with E-state index in [-0.39, 0.29) is 30.9 Å². The van der Waals surface area contributed by atoms with Crippen LogP contribution in [-0.2, 0) is 27.3 Å². The Hall–Kier alpha value is -2.86. The summed E-state index contributed by atoms with van der Waals surface area (Å²) in [7, 11) is 0. The standard InChI is InChI=1S/C23H28N2O4/c1-2-12-24(22(26)15-19-8-4-3-5-9-19)18-23(27)25(16-20-10-6-13-28-20)17-21-11-7-14-29-21/h2-6,8-10,13,21H,1,7,11-12,14-18H2/t21-/m0/s1. The molecule has 1 saturated heterocycles. The van der Waals surface area contributed by atoms with Gasteiger partial charge in [0.05, 0.1) is 25.3 Å². The predicted octanol–water partition coefficient (Wildman–Crippen LogP) is 3.04. The van der Waals surface area contributed by atoms with E-state index < -0.39 is 0 Å². The molecule has 0 spiro atoms. The minimum absolute atomic E-state index is 0.00507. The molecule has 1 aromatic carbocycles. The summed E-state index contributed by atoms with van der Waals surface area (Å²) in [6.45, 7) is 5.65. The fourth-order valence-corrected chi connectivity index (χ4v) is 3.44. The fraction of sp³-hybridized carbons (Fsp3) is 0.391. The average Bonchev–Trinajstić information content (AvgIpc) is 3.42. The van der Waals surface area contributed by atoms with Crippen LogP contribution in [0.25, 0.3) is 0 Å². The van der Waals surface area contributed by atoms with Crippen molar-refractivity contribution in [2.75, 3.05) is 26.2 Å². The molecule has 6 nitrogen and oxygen atoms in total. The Morgan fingerprint density at radius 1 is 1.10 bits per heavy atom. The van der Waals surface area contributed by atoms with Crippen molar-refractivity contribution >= 4 is 11.8 Å². The van der Waals surface area contributed by atoms with Gasteiger partial charge in [-0.05, 0) is 30.5 Å². The Balaban J connectivity index is 1.66. The lowest BCUT2D eigenvalue weighted by Crippen LogP contribution is -2.45. The maximum Gasteiger partial charge on any atom is 0.242 e. The molecule has 3 rings (SSSR count). The van der Waals surface area contributed by atoms with Crippen molar-refractivity contribution in [1.82, 2.24) is 9.80 Å². The number of hydrogen-bond donors (Lipinski definition) is 0. The highest BCUT2D eigenvalue weighted by Gasteiger charge is 2.26. The van der Waals surface area contributed by atoms with Gasteiger partial charge in [0.15, 0.2) is 0 Å². The van der Waals surface area contributed by atoms with Crippen LogP contribution in [-0.4, -0.2) is 54.0 Å². The number of benzene rings is 1. The zero-order valence-corrected chi connectivity index (χ0v) is 16.7. The molecule has 0 unspecified atom stereocenters. The normalized spacial score (nSPS) is 15.8. The van der Waals surface area contributed by atoms with Crippen molar-refractivity contribution in [3.8, 4) is 0 Å². The van der Waals surface area contributed by atoms with E-state index in [0.29, 0.717) is 25.4 Å². The molecular formula is C23H28N2O4. The second-order valence-electron chi connectivity index (χ2n) is 7.21. The van der Waals surface area contributed by atoms with E-state index in [1.165, 1.54) is 0 Å². The van der Waals surface area contributed by atoms with E-state index in [2.05, 4.69) is 6.58 Å². The van der Waals surface area contributed by atoms with Crippen LogP contribution in [0.3, 0.4) is 0 Å². The summed E-state index contributed by atoms with van der Waals surface area (Å²) < 4.78 is 11.1. The summed E-state index contributed by atoms with van der Waals surface area (Å²) in [6.07, 6.45) is 5.47. The third-order valence-electron chi connectivity index (χ3n) is 4.95. The van der Waals surface area contributed by atoms with Gasteiger partial charge in [-0.1, -0.05) is 36.4 Å². The summed E-state index contributed by atoms with van der Waals surface area (Å²) >= 11 is 0. The summed E-state index contributed by atoms with van der Waals surface area (Å²) in [5.41, 5.74) is 0.922. The number of ether oxygens (including phenoxy) is 1.